The largest absolute Gasteiger partial charge is 0.341 e. The minimum atomic E-state index is -0.0689. The molecule has 0 bridgehead atoms. The minimum absolute atomic E-state index is 0.0689. The quantitative estimate of drug-likeness (QED) is 0.861. The van der Waals surface area contributed by atoms with Crippen molar-refractivity contribution in [3.63, 3.8) is 0 Å². The number of thiophene rings is 1. The molecule has 2 N–H and O–H groups in total. The first-order chi connectivity index (χ1) is 8.76. The Hall–Kier alpha value is -1.03. The summed E-state index contributed by atoms with van der Waals surface area (Å²) in [5.74, 6) is 0.587. The lowest BCUT2D eigenvalue weighted by atomic mass is 9.81. The van der Waals surface area contributed by atoms with Crippen molar-refractivity contribution in [2.24, 2.45) is 5.92 Å². The van der Waals surface area contributed by atoms with Gasteiger partial charge in [-0.05, 0) is 42.2 Å². The summed E-state index contributed by atoms with van der Waals surface area (Å²) in [4.78, 5) is 13.1. The third-order valence-corrected chi connectivity index (χ3v) is 4.77. The summed E-state index contributed by atoms with van der Waals surface area (Å²) in [6.07, 6.45) is 6.05. The number of amides is 2. The standard InChI is InChI=1S/C14H22N2OS/c1-3-4-5-10-6-7-12-11(8-9-18-12)13(10)16-14(17)15-2/h8-10,13H,3-7H2,1-2H3,(H2,15,16,17). The molecule has 2 amide bonds. The number of urea groups is 1. The fraction of sp³-hybridized carbons (Fsp3) is 0.643. The maximum atomic E-state index is 11.6. The molecule has 1 aliphatic carbocycles. The van der Waals surface area contributed by atoms with E-state index in [1.807, 2.05) is 11.3 Å². The summed E-state index contributed by atoms with van der Waals surface area (Å²) in [5, 5.41) is 7.94. The Balaban J connectivity index is 2.13. The molecule has 0 aromatic carbocycles. The van der Waals surface area contributed by atoms with Crippen molar-refractivity contribution < 1.29 is 4.79 Å². The molecule has 0 saturated carbocycles. The summed E-state index contributed by atoms with van der Waals surface area (Å²) >= 11 is 1.82. The Labute approximate surface area is 113 Å². The molecule has 1 heterocycles. The highest BCUT2D eigenvalue weighted by atomic mass is 32.1. The first-order valence-electron chi connectivity index (χ1n) is 6.80. The number of aryl methyl sites for hydroxylation is 1. The summed E-state index contributed by atoms with van der Waals surface area (Å²) in [6, 6.07) is 2.31. The van der Waals surface area contributed by atoms with Gasteiger partial charge in [0.2, 0.25) is 0 Å². The number of nitrogens with one attached hydrogen (secondary N) is 2. The van der Waals surface area contributed by atoms with Gasteiger partial charge in [-0.2, -0.15) is 0 Å². The molecule has 0 saturated heterocycles. The van der Waals surface area contributed by atoms with E-state index in [0.29, 0.717) is 5.92 Å². The van der Waals surface area contributed by atoms with Gasteiger partial charge >= 0.3 is 6.03 Å². The second kappa shape index (κ2) is 6.23. The van der Waals surface area contributed by atoms with E-state index in [0.717, 1.165) is 0 Å². The molecule has 2 atom stereocenters. The molecule has 0 fully saturated rings. The molecule has 2 rings (SSSR count). The molecule has 0 spiro atoms. The predicted octanol–water partition coefficient (Wildman–Crippen LogP) is 3.47. The molecule has 4 heteroatoms. The maximum absolute atomic E-state index is 11.6. The molecule has 0 radical (unpaired) electrons. The highest BCUT2D eigenvalue weighted by Crippen LogP contribution is 2.39. The second-order valence-corrected chi connectivity index (χ2v) is 5.94. The van der Waals surface area contributed by atoms with Crippen LogP contribution in [0, 0.1) is 5.92 Å². The van der Waals surface area contributed by atoms with E-state index in [1.54, 1.807) is 7.05 Å². The highest BCUT2D eigenvalue weighted by molar-refractivity contribution is 7.10. The summed E-state index contributed by atoms with van der Waals surface area (Å²) in [5.41, 5.74) is 1.34. The van der Waals surface area contributed by atoms with Crippen LogP contribution in [0.15, 0.2) is 11.4 Å². The zero-order chi connectivity index (χ0) is 13.0. The summed E-state index contributed by atoms with van der Waals surface area (Å²) in [6.45, 7) is 2.22. The Bertz CT molecular complexity index is 402. The van der Waals surface area contributed by atoms with Crippen LogP contribution in [0.1, 0.15) is 49.1 Å². The summed E-state index contributed by atoms with van der Waals surface area (Å²) in [7, 11) is 1.67. The third-order valence-electron chi connectivity index (χ3n) is 3.77. The minimum Gasteiger partial charge on any atom is -0.341 e. The van der Waals surface area contributed by atoms with Crippen LogP contribution in [-0.4, -0.2) is 13.1 Å². The predicted molar refractivity (Wildman–Crippen MR) is 76.0 cm³/mol. The van der Waals surface area contributed by atoms with E-state index in [1.165, 1.54) is 42.5 Å². The van der Waals surface area contributed by atoms with Gasteiger partial charge in [-0.25, -0.2) is 4.79 Å². The van der Waals surface area contributed by atoms with Crippen LogP contribution in [0.4, 0.5) is 4.79 Å². The van der Waals surface area contributed by atoms with Gasteiger partial charge in [-0.1, -0.05) is 19.8 Å². The lowest BCUT2D eigenvalue weighted by molar-refractivity contribution is 0.227. The molecule has 2 unspecified atom stereocenters. The van der Waals surface area contributed by atoms with Gasteiger partial charge in [-0.3, -0.25) is 0 Å². The molecular weight excluding hydrogens is 244 g/mol. The van der Waals surface area contributed by atoms with Crippen molar-refractivity contribution in [2.45, 2.75) is 45.1 Å². The number of fused-ring (bicyclic) bond motifs is 1. The summed E-state index contributed by atoms with van der Waals surface area (Å²) < 4.78 is 0. The SMILES string of the molecule is CCCCC1CCc2sccc2C1NC(=O)NC. The van der Waals surface area contributed by atoms with Crippen LogP contribution >= 0.6 is 11.3 Å². The van der Waals surface area contributed by atoms with E-state index in [2.05, 4.69) is 29.0 Å². The zero-order valence-electron chi connectivity index (χ0n) is 11.2. The number of unbranched alkanes of at least 4 members (excludes halogenated alkanes) is 1. The molecule has 1 aromatic rings. The average molecular weight is 266 g/mol. The van der Waals surface area contributed by atoms with E-state index in [9.17, 15) is 4.79 Å². The van der Waals surface area contributed by atoms with Gasteiger partial charge in [0.25, 0.3) is 0 Å². The van der Waals surface area contributed by atoms with E-state index >= 15 is 0 Å². The fourth-order valence-electron chi connectivity index (χ4n) is 2.75. The van der Waals surface area contributed by atoms with Crippen molar-refractivity contribution in [3.8, 4) is 0 Å². The van der Waals surface area contributed by atoms with Crippen LogP contribution in [-0.2, 0) is 6.42 Å². The van der Waals surface area contributed by atoms with Crippen LogP contribution in [0.3, 0.4) is 0 Å². The molecule has 18 heavy (non-hydrogen) atoms. The number of hydrogen-bond acceptors (Lipinski definition) is 2. The van der Waals surface area contributed by atoms with Crippen molar-refractivity contribution in [3.05, 3.63) is 21.9 Å². The van der Waals surface area contributed by atoms with Gasteiger partial charge in [0.15, 0.2) is 0 Å². The molecular formula is C14H22N2OS. The van der Waals surface area contributed by atoms with E-state index < -0.39 is 0 Å². The number of carbonyl (C=O) groups is 1. The normalized spacial score (nSPS) is 22.3. The Morgan fingerprint density at radius 1 is 1.56 bits per heavy atom. The molecule has 1 aliphatic rings. The molecule has 100 valence electrons. The Kier molecular flexibility index (Phi) is 4.64. The monoisotopic (exact) mass is 266 g/mol. The van der Waals surface area contributed by atoms with Gasteiger partial charge in [0, 0.05) is 11.9 Å². The number of carbonyl (C=O) groups excluding carboxylic acids is 1. The number of rotatable bonds is 4. The third kappa shape index (κ3) is 2.86. The van der Waals surface area contributed by atoms with Crippen molar-refractivity contribution >= 4 is 17.4 Å². The van der Waals surface area contributed by atoms with Crippen LogP contribution in [0.25, 0.3) is 0 Å². The van der Waals surface area contributed by atoms with E-state index in [4.69, 9.17) is 0 Å². The lowest BCUT2D eigenvalue weighted by Crippen LogP contribution is -2.40. The van der Waals surface area contributed by atoms with Crippen molar-refractivity contribution in [1.29, 1.82) is 0 Å². The first-order valence-corrected chi connectivity index (χ1v) is 7.68. The van der Waals surface area contributed by atoms with Gasteiger partial charge < -0.3 is 10.6 Å². The highest BCUT2D eigenvalue weighted by Gasteiger charge is 2.30. The Morgan fingerprint density at radius 3 is 3.11 bits per heavy atom. The van der Waals surface area contributed by atoms with Crippen LogP contribution < -0.4 is 10.6 Å². The Morgan fingerprint density at radius 2 is 2.39 bits per heavy atom. The molecule has 0 aliphatic heterocycles. The molecule has 3 nitrogen and oxygen atoms in total. The second-order valence-electron chi connectivity index (χ2n) is 4.94. The first kappa shape index (κ1) is 13.4. The van der Waals surface area contributed by atoms with Crippen molar-refractivity contribution in [2.75, 3.05) is 7.05 Å². The molecule has 1 aromatic heterocycles. The van der Waals surface area contributed by atoms with Gasteiger partial charge in [0.05, 0.1) is 6.04 Å². The van der Waals surface area contributed by atoms with Gasteiger partial charge in [0.1, 0.15) is 0 Å². The van der Waals surface area contributed by atoms with Crippen molar-refractivity contribution in [1.82, 2.24) is 10.6 Å². The number of hydrogen-bond donors (Lipinski definition) is 2. The van der Waals surface area contributed by atoms with Gasteiger partial charge in [-0.15, -0.1) is 11.3 Å². The fourth-order valence-corrected chi connectivity index (χ4v) is 3.70. The van der Waals surface area contributed by atoms with Crippen LogP contribution in [0.5, 0.6) is 0 Å². The van der Waals surface area contributed by atoms with E-state index in [-0.39, 0.29) is 12.1 Å². The van der Waals surface area contributed by atoms with Crippen LogP contribution in [0.2, 0.25) is 0 Å². The zero-order valence-corrected chi connectivity index (χ0v) is 12.0. The smallest absolute Gasteiger partial charge is 0.315 e. The topological polar surface area (TPSA) is 41.1 Å². The lowest BCUT2D eigenvalue weighted by Gasteiger charge is -2.32. The average Bonchev–Trinajstić information content (AvgIpc) is 2.86. The maximum Gasteiger partial charge on any atom is 0.315 e.